The summed E-state index contributed by atoms with van der Waals surface area (Å²) in [6, 6.07) is 0. The van der Waals surface area contributed by atoms with E-state index in [1.165, 1.54) is 64.2 Å². The van der Waals surface area contributed by atoms with E-state index >= 15 is 0 Å². The van der Waals surface area contributed by atoms with Gasteiger partial charge in [0.25, 0.3) is 10.1 Å². The molecule has 0 amide bonds. The molecule has 1 heterocycles. The average molecular weight is 791 g/mol. The fourth-order valence-corrected chi connectivity index (χ4v) is 6.88. The predicted molar refractivity (Wildman–Crippen MR) is 210 cm³/mol. The third kappa shape index (κ3) is 26.9. The molecule has 12 nitrogen and oxygen atoms in total. The summed E-state index contributed by atoms with van der Waals surface area (Å²) in [6.07, 6.45) is 23.7. The number of aliphatic hydroxyl groups excluding tert-OH is 3. The fourth-order valence-electron chi connectivity index (χ4n) is 6.19. The maximum atomic E-state index is 12.7. The number of aliphatic hydroxyl groups is 3. The first-order chi connectivity index (χ1) is 26.0. The van der Waals surface area contributed by atoms with Gasteiger partial charge < -0.3 is 34.3 Å². The molecule has 0 aromatic rings. The molecule has 316 valence electrons. The molecule has 1 rings (SSSR count). The van der Waals surface area contributed by atoms with Gasteiger partial charge in [-0.2, -0.15) is 8.42 Å². The molecule has 1 aliphatic rings. The van der Waals surface area contributed by atoms with E-state index in [0.717, 1.165) is 64.2 Å². The molecule has 0 bridgehead atoms. The lowest BCUT2D eigenvalue weighted by Gasteiger charge is -2.40. The van der Waals surface area contributed by atoms with Crippen molar-refractivity contribution in [1.82, 2.24) is 0 Å². The lowest BCUT2D eigenvalue weighted by Crippen LogP contribution is -2.60. The third-order valence-electron chi connectivity index (χ3n) is 9.50. The summed E-state index contributed by atoms with van der Waals surface area (Å²) in [4.78, 5) is 25.3. The van der Waals surface area contributed by atoms with Crippen LogP contribution in [-0.2, 0) is 38.7 Å². The Morgan fingerprint density at radius 1 is 0.611 bits per heavy atom. The van der Waals surface area contributed by atoms with Crippen LogP contribution in [-0.4, -0.2) is 96.0 Å². The lowest BCUT2D eigenvalue weighted by atomic mass is 10.00. The molecule has 0 spiro atoms. The van der Waals surface area contributed by atoms with Gasteiger partial charge in [-0.25, -0.2) is 0 Å². The van der Waals surface area contributed by atoms with Crippen molar-refractivity contribution in [3.8, 4) is 0 Å². The van der Waals surface area contributed by atoms with Crippen LogP contribution in [0.25, 0.3) is 0 Å². The zero-order valence-corrected chi connectivity index (χ0v) is 34.1. The first-order valence-corrected chi connectivity index (χ1v) is 22.5. The summed E-state index contributed by atoms with van der Waals surface area (Å²) < 4.78 is 53.9. The highest BCUT2D eigenvalue weighted by Crippen LogP contribution is 2.24. The van der Waals surface area contributed by atoms with Gasteiger partial charge >= 0.3 is 11.9 Å². The summed E-state index contributed by atoms with van der Waals surface area (Å²) in [7, 11) is -4.60. The molecule has 6 atom stereocenters. The van der Waals surface area contributed by atoms with Crippen molar-refractivity contribution in [2.24, 2.45) is 0 Å². The molecule has 0 saturated carbocycles. The molecule has 0 radical (unpaired) electrons. The molecule has 4 N–H and O–H groups in total. The lowest BCUT2D eigenvalue weighted by molar-refractivity contribution is -0.297. The van der Waals surface area contributed by atoms with E-state index in [1.54, 1.807) is 0 Å². The van der Waals surface area contributed by atoms with Crippen molar-refractivity contribution in [1.29, 1.82) is 0 Å². The second-order valence-corrected chi connectivity index (χ2v) is 16.1. The van der Waals surface area contributed by atoms with E-state index < -0.39 is 71.2 Å². The fraction of sp³-hybridized carbons (Fsp3) is 0.854. The number of carbonyl (C=O) groups excluding carboxylic acids is 2. The Kier molecular flexibility index (Phi) is 29.9. The van der Waals surface area contributed by atoms with Crippen LogP contribution < -0.4 is 0 Å². The van der Waals surface area contributed by atoms with E-state index in [2.05, 4.69) is 38.2 Å². The van der Waals surface area contributed by atoms with Crippen molar-refractivity contribution < 1.29 is 56.8 Å². The number of hydrogen-bond donors (Lipinski definition) is 4. The highest BCUT2D eigenvalue weighted by molar-refractivity contribution is 7.85. The summed E-state index contributed by atoms with van der Waals surface area (Å²) >= 11 is 0. The van der Waals surface area contributed by atoms with Gasteiger partial charge in [0, 0.05) is 12.8 Å². The van der Waals surface area contributed by atoms with Crippen molar-refractivity contribution in [3.05, 3.63) is 24.3 Å². The Labute approximate surface area is 326 Å². The zero-order chi connectivity index (χ0) is 39.9. The molecule has 13 heteroatoms. The molecule has 1 saturated heterocycles. The van der Waals surface area contributed by atoms with Crippen LogP contribution in [0.2, 0.25) is 0 Å². The van der Waals surface area contributed by atoms with Crippen molar-refractivity contribution in [2.75, 3.05) is 19.0 Å². The summed E-state index contributed by atoms with van der Waals surface area (Å²) in [5.74, 6) is -2.01. The van der Waals surface area contributed by atoms with Crippen LogP contribution >= 0.6 is 0 Å². The number of hydrogen-bond acceptors (Lipinski definition) is 11. The second kappa shape index (κ2) is 32.2. The van der Waals surface area contributed by atoms with Gasteiger partial charge in [0.2, 0.25) is 0 Å². The monoisotopic (exact) mass is 790 g/mol. The van der Waals surface area contributed by atoms with Crippen LogP contribution in [0, 0.1) is 0 Å². The van der Waals surface area contributed by atoms with Gasteiger partial charge in [0.1, 0.15) is 36.8 Å². The minimum absolute atomic E-state index is 0.149. The van der Waals surface area contributed by atoms with Crippen molar-refractivity contribution in [2.45, 2.75) is 205 Å². The molecule has 1 fully saturated rings. The van der Waals surface area contributed by atoms with Crippen molar-refractivity contribution in [3.63, 3.8) is 0 Å². The number of ether oxygens (including phenoxy) is 4. The number of unbranched alkanes of at least 4 members (excludes halogenated alkanes) is 18. The average Bonchev–Trinajstić information content (AvgIpc) is 3.13. The second-order valence-electron chi connectivity index (χ2n) is 14.6. The Morgan fingerprint density at radius 2 is 1.06 bits per heavy atom. The van der Waals surface area contributed by atoms with E-state index in [0.29, 0.717) is 12.8 Å². The molecular weight excluding hydrogens is 717 g/mol. The smallest absolute Gasteiger partial charge is 0.306 e. The highest BCUT2D eigenvalue weighted by Gasteiger charge is 2.46. The molecular formula is C41H74O12S. The van der Waals surface area contributed by atoms with Crippen LogP contribution in [0.1, 0.15) is 168 Å². The first kappa shape index (κ1) is 50.1. The summed E-state index contributed by atoms with van der Waals surface area (Å²) in [5, 5.41) is 30.8. The molecule has 0 aromatic carbocycles. The molecule has 0 aliphatic carbocycles. The third-order valence-corrected chi connectivity index (χ3v) is 10.3. The highest BCUT2D eigenvalue weighted by atomic mass is 32.2. The molecule has 0 aromatic heterocycles. The van der Waals surface area contributed by atoms with E-state index in [1.807, 2.05) is 0 Å². The number of carbonyl (C=O) groups is 2. The Hall–Kier alpha value is -1.87. The quantitative estimate of drug-likeness (QED) is 0.0216. The topological polar surface area (TPSA) is 186 Å². The summed E-state index contributed by atoms with van der Waals surface area (Å²) in [5.41, 5.74) is 0. The maximum Gasteiger partial charge on any atom is 0.306 e. The van der Waals surface area contributed by atoms with Gasteiger partial charge in [0.05, 0.1) is 6.61 Å². The first-order valence-electron chi connectivity index (χ1n) is 20.9. The SMILES string of the molecule is CCCCCCCC=CCCCCCCC(=O)OCC(COC1OC(CS(=O)(=O)O)C(O)C(O)C1O)OC(=O)CCCCCCC=CCCCCCCC. The minimum Gasteiger partial charge on any atom is -0.462 e. The van der Waals surface area contributed by atoms with E-state index in [-0.39, 0.29) is 19.4 Å². The summed E-state index contributed by atoms with van der Waals surface area (Å²) in [6.45, 7) is 3.70. The van der Waals surface area contributed by atoms with Gasteiger partial charge in [-0.15, -0.1) is 0 Å². The van der Waals surface area contributed by atoms with Gasteiger partial charge in [-0.3, -0.25) is 14.1 Å². The van der Waals surface area contributed by atoms with Crippen molar-refractivity contribution >= 4 is 22.1 Å². The standard InChI is InChI=1S/C41H74O12S/c1-3-5-7-9-11-13-15-17-19-21-23-25-27-29-36(42)50-31-34(32-51-41-40(46)39(45)38(44)35(53-41)33-54(47,48)49)52-37(43)30-28-26-24-22-20-18-16-14-12-10-8-6-4-2/h15-18,34-35,38-41,44-46H,3-14,19-33H2,1-2H3,(H,47,48,49). The normalized spacial score (nSPS) is 21.2. The van der Waals surface area contributed by atoms with Gasteiger partial charge in [0.15, 0.2) is 12.4 Å². The van der Waals surface area contributed by atoms with E-state index in [9.17, 15) is 37.9 Å². The van der Waals surface area contributed by atoms with Crippen LogP contribution in [0.15, 0.2) is 24.3 Å². The van der Waals surface area contributed by atoms with Gasteiger partial charge in [-0.1, -0.05) is 115 Å². The molecule has 1 aliphatic heterocycles. The molecule has 6 unspecified atom stereocenters. The number of rotatable bonds is 34. The largest absolute Gasteiger partial charge is 0.462 e. The Bertz CT molecular complexity index is 1110. The van der Waals surface area contributed by atoms with Crippen LogP contribution in [0.4, 0.5) is 0 Å². The minimum atomic E-state index is -4.60. The predicted octanol–water partition coefficient (Wildman–Crippen LogP) is 7.67. The zero-order valence-electron chi connectivity index (χ0n) is 33.3. The Morgan fingerprint density at radius 3 is 1.52 bits per heavy atom. The molecule has 54 heavy (non-hydrogen) atoms. The van der Waals surface area contributed by atoms with Crippen LogP contribution in [0.5, 0.6) is 0 Å². The number of allylic oxidation sites excluding steroid dienone is 4. The number of esters is 2. The van der Waals surface area contributed by atoms with Gasteiger partial charge in [-0.05, 0) is 64.2 Å². The van der Waals surface area contributed by atoms with E-state index in [4.69, 9.17) is 18.9 Å². The maximum absolute atomic E-state index is 12.7. The Balaban J connectivity index is 2.51. The van der Waals surface area contributed by atoms with Crippen LogP contribution in [0.3, 0.4) is 0 Å².